The predicted molar refractivity (Wildman–Crippen MR) is 83.7 cm³/mol. The maximum Gasteiger partial charge on any atom is 0.0798 e. The number of aryl methyl sites for hydroxylation is 1. The Morgan fingerprint density at radius 3 is 2.65 bits per heavy atom. The monoisotopic (exact) mass is 289 g/mol. The average molecular weight is 289 g/mol. The van der Waals surface area contributed by atoms with Crippen molar-refractivity contribution in [2.24, 2.45) is 0 Å². The van der Waals surface area contributed by atoms with E-state index in [4.69, 9.17) is 4.74 Å². The van der Waals surface area contributed by atoms with Crippen LogP contribution in [0.15, 0.2) is 29.8 Å². The average Bonchev–Trinajstić information content (AvgIpc) is 2.92. The first-order valence-corrected chi connectivity index (χ1v) is 7.76. The molecule has 1 N–H and O–H groups in total. The summed E-state index contributed by atoms with van der Waals surface area (Å²) in [6.07, 6.45) is 0. The fourth-order valence-corrected chi connectivity index (χ4v) is 3.01. The maximum atomic E-state index is 5.38. The number of nitrogens with one attached hydrogen (secondary N) is 1. The second-order valence-electron chi connectivity index (χ2n) is 4.86. The normalized spacial score (nSPS) is 15.3. The number of hydrogen-bond donors (Lipinski definition) is 1. The van der Waals surface area contributed by atoms with E-state index < -0.39 is 0 Å². The van der Waals surface area contributed by atoms with Gasteiger partial charge >= 0.3 is 0 Å². The standard InChI is InChI=1S/C15H19N3OS/c1-12-15(20-11-17-12)10-16-13-2-4-14(5-3-13)18-6-8-19-9-7-18/h2-5,11,16H,6-10H2,1H3. The Labute approximate surface area is 123 Å². The smallest absolute Gasteiger partial charge is 0.0798 e. The highest BCUT2D eigenvalue weighted by molar-refractivity contribution is 7.09. The molecule has 3 rings (SSSR count). The van der Waals surface area contributed by atoms with Crippen molar-refractivity contribution in [2.75, 3.05) is 36.5 Å². The molecule has 0 radical (unpaired) electrons. The molecule has 0 spiro atoms. The Hall–Kier alpha value is -1.59. The van der Waals surface area contributed by atoms with Crippen molar-refractivity contribution in [3.63, 3.8) is 0 Å². The summed E-state index contributed by atoms with van der Waals surface area (Å²) in [5, 5.41) is 3.45. The molecule has 2 aromatic rings. The van der Waals surface area contributed by atoms with E-state index in [-0.39, 0.29) is 0 Å². The van der Waals surface area contributed by atoms with E-state index in [9.17, 15) is 0 Å². The van der Waals surface area contributed by atoms with Gasteiger partial charge in [-0.1, -0.05) is 0 Å². The first-order valence-electron chi connectivity index (χ1n) is 6.88. The van der Waals surface area contributed by atoms with E-state index in [1.165, 1.54) is 10.6 Å². The lowest BCUT2D eigenvalue weighted by atomic mass is 10.2. The van der Waals surface area contributed by atoms with Crippen LogP contribution in [0, 0.1) is 6.92 Å². The second-order valence-corrected chi connectivity index (χ2v) is 5.80. The molecule has 0 saturated carbocycles. The van der Waals surface area contributed by atoms with Gasteiger partial charge in [0.25, 0.3) is 0 Å². The number of anilines is 2. The minimum absolute atomic E-state index is 0.824. The maximum absolute atomic E-state index is 5.38. The number of nitrogens with zero attached hydrogens (tertiary/aromatic N) is 2. The van der Waals surface area contributed by atoms with Gasteiger partial charge in [0, 0.05) is 29.3 Å². The van der Waals surface area contributed by atoms with E-state index in [1.54, 1.807) is 11.3 Å². The SMILES string of the molecule is Cc1ncsc1CNc1ccc(N2CCOCC2)cc1. The van der Waals surface area contributed by atoms with Gasteiger partial charge in [-0.15, -0.1) is 11.3 Å². The predicted octanol–water partition coefficient (Wildman–Crippen LogP) is 2.90. The number of hydrogen-bond acceptors (Lipinski definition) is 5. The molecule has 0 amide bonds. The van der Waals surface area contributed by atoms with Crippen molar-refractivity contribution in [2.45, 2.75) is 13.5 Å². The number of aromatic nitrogens is 1. The van der Waals surface area contributed by atoms with Crippen LogP contribution in [0.5, 0.6) is 0 Å². The fraction of sp³-hybridized carbons (Fsp3) is 0.400. The van der Waals surface area contributed by atoms with E-state index in [0.29, 0.717) is 0 Å². The Morgan fingerprint density at radius 2 is 2.00 bits per heavy atom. The number of ether oxygens (including phenoxy) is 1. The quantitative estimate of drug-likeness (QED) is 0.939. The molecule has 20 heavy (non-hydrogen) atoms. The molecule has 1 fully saturated rings. The molecule has 5 heteroatoms. The topological polar surface area (TPSA) is 37.4 Å². The number of rotatable bonds is 4. The Kier molecular flexibility index (Phi) is 4.18. The lowest BCUT2D eigenvalue weighted by Crippen LogP contribution is -2.36. The van der Waals surface area contributed by atoms with Gasteiger partial charge in [-0.25, -0.2) is 4.98 Å². The van der Waals surface area contributed by atoms with Crippen molar-refractivity contribution in [1.29, 1.82) is 0 Å². The first-order chi connectivity index (χ1) is 9.83. The van der Waals surface area contributed by atoms with Crippen LogP contribution in [-0.4, -0.2) is 31.3 Å². The van der Waals surface area contributed by atoms with Crippen LogP contribution in [0.25, 0.3) is 0 Å². The van der Waals surface area contributed by atoms with Crippen LogP contribution >= 0.6 is 11.3 Å². The first kappa shape index (κ1) is 13.4. The lowest BCUT2D eigenvalue weighted by molar-refractivity contribution is 0.122. The molecular weight excluding hydrogens is 270 g/mol. The largest absolute Gasteiger partial charge is 0.380 e. The van der Waals surface area contributed by atoms with E-state index >= 15 is 0 Å². The highest BCUT2D eigenvalue weighted by Gasteiger charge is 2.10. The summed E-state index contributed by atoms with van der Waals surface area (Å²) in [5.41, 5.74) is 5.43. The lowest BCUT2D eigenvalue weighted by Gasteiger charge is -2.28. The molecule has 1 aliphatic heterocycles. The van der Waals surface area contributed by atoms with Crippen LogP contribution in [0.4, 0.5) is 11.4 Å². The van der Waals surface area contributed by atoms with Crippen molar-refractivity contribution in [3.8, 4) is 0 Å². The van der Waals surface area contributed by atoms with Crippen LogP contribution in [-0.2, 0) is 11.3 Å². The van der Waals surface area contributed by atoms with E-state index in [1.807, 2.05) is 5.51 Å². The molecule has 1 saturated heterocycles. The molecule has 2 heterocycles. The third-order valence-corrected chi connectivity index (χ3v) is 4.48. The van der Waals surface area contributed by atoms with Gasteiger partial charge in [0.2, 0.25) is 0 Å². The Balaban J connectivity index is 1.59. The number of thiazole rings is 1. The highest BCUT2D eigenvalue weighted by Crippen LogP contribution is 2.20. The zero-order valence-electron chi connectivity index (χ0n) is 11.6. The van der Waals surface area contributed by atoms with Gasteiger partial charge in [-0.3, -0.25) is 0 Å². The van der Waals surface area contributed by atoms with Crippen LogP contribution in [0.1, 0.15) is 10.6 Å². The molecule has 1 aromatic heterocycles. The van der Waals surface area contributed by atoms with Crippen LogP contribution in [0.2, 0.25) is 0 Å². The summed E-state index contributed by atoms with van der Waals surface area (Å²) in [7, 11) is 0. The molecule has 0 aliphatic carbocycles. The minimum atomic E-state index is 0.824. The van der Waals surface area contributed by atoms with Gasteiger partial charge in [0.15, 0.2) is 0 Å². The van der Waals surface area contributed by atoms with E-state index in [2.05, 4.69) is 46.4 Å². The fourth-order valence-electron chi connectivity index (χ4n) is 2.29. The van der Waals surface area contributed by atoms with Crippen molar-refractivity contribution >= 4 is 22.7 Å². The molecule has 1 aromatic carbocycles. The van der Waals surface area contributed by atoms with Crippen molar-refractivity contribution in [3.05, 3.63) is 40.3 Å². The van der Waals surface area contributed by atoms with Gasteiger partial charge in [0.1, 0.15) is 0 Å². The van der Waals surface area contributed by atoms with Gasteiger partial charge < -0.3 is 15.0 Å². The Bertz CT molecular complexity index is 547. The zero-order valence-corrected chi connectivity index (χ0v) is 12.4. The van der Waals surface area contributed by atoms with Crippen LogP contribution in [0.3, 0.4) is 0 Å². The second kappa shape index (κ2) is 6.24. The highest BCUT2D eigenvalue weighted by atomic mass is 32.1. The van der Waals surface area contributed by atoms with Gasteiger partial charge in [-0.05, 0) is 31.2 Å². The third kappa shape index (κ3) is 3.11. The summed E-state index contributed by atoms with van der Waals surface area (Å²) in [5.74, 6) is 0. The molecule has 106 valence electrons. The summed E-state index contributed by atoms with van der Waals surface area (Å²) in [6.45, 7) is 6.50. The zero-order chi connectivity index (χ0) is 13.8. The summed E-state index contributed by atoms with van der Waals surface area (Å²) >= 11 is 1.70. The number of morpholine rings is 1. The molecule has 0 atom stereocenters. The van der Waals surface area contributed by atoms with Gasteiger partial charge in [0.05, 0.1) is 31.0 Å². The summed E-state index contributed by atoms with van der Waals surface area (Å²) in [4.78, 5) is 7.92. The molecule has 4 nitrogen and oxygen atoms in total. The minimum Gasteiger partial charge on any atom is -0.380 e. The van der Waals surface area contributed by atoms with Crippen LogP contribution < -0.4 is 10.2 Å². The third-order valence-electron chi connectivity index (χ3n) is 3.54. The van der Waals surface area contributed by atoms with Gasteiger partial charge in [-0.2, -0.15) is 0 Å². The number of benzene rings is 1. The summed E-state index contributed by atoms with van der Waals surface area (Å²) < 4.78 is 5.38. The molecule has 0 unspecified atom stereocenters. The van der Waals surface area contributed by atoms with E-state index in [0.717, 1.165) is 44.2 Å². The molecule has 1 aliphatic rings. The Morgan fingerprint density at radius 1 is 1.25 bits per heavy atom. The summed E-state index contributed by atoms with van der Waals surface area (Å²) in [6, 6.07) is 8.63. The molecular formula is C15H19N3OS. The van der Waals surface area contributed by atoms with Crippen molar-refractivity contribution in [1.82, 2.24) is 4.98 Å². The molecule has 0 bridgehead atoms. The van der Waals surface area contributed by atoms with Crippen molar-refractivity contribution < 1.29 is 4.74 Å².